The zero-order valence-corrected chi connectivity index (χ0v) is 12.9. The van der Waals surface area contributed by atoms with Crippen molar-refractivity contribution < 1.29 is 14.6 Å². The van der Waals surface area contributed by atoms with Gasteiger partial charge in [0.25, 0.3) is 0 Å². The molecule has 1 amide bonds. The summed E-state index contributed by atoms with van der Waals surface area (Å²) in [5.41, 5.74) is -4.81. The fourth-order valence-electron chi connectivity index (χ4n) is 3.87. The number of benzene rings is 1. The van der Waals surface area contributed by atoms with Crippen LogP contribution < -0.4 is 10.1 Å². The normalized spacial score (nSPS) is 32.8. The average Bonchev–Trinajstić information content (AvgIpc) is 2.83. The lowest BCUT2D eigenvalue weighted by Crippen LogP contribution is -2.52. The van der Waals surface area contributed by atoms with Crippen molar-refractivity contribution in [3.8, 4) is 24.0 Å². The van der Waals surface area contributed by atoms with E-state index in [0.29, 0.717) is 11.3 Å². The van der Waals surface area contributed by atoms with Gasteiger partial charge in [0.05, 0.1) is 25.3 Å². The number of carbonyl (C=O) groups is 1. The highest BCUT2D eigenvalue weighted by atomic mass is 16.5. The van der Waals surface area contributed by atoms with Gasteiger partial charge in [0, 0.05) is 18.8 Å². The summed E-state index contributed by atoms with van der Waals surface area (Å²) in [6, 6.07) is 12.4. The molecule has 2 fully saturated rings. The highest BCUT2D eigenvalue weighted by molar-refractivity contribution is 5.91. The maximum absolute atomic E-state index is 12.4. The number of nitrogens with one attached hydrogen (secondary N) is 1. The molecule has 0 spiro atoms. The van der Waals surface area contributed by atoms with Gasteiger partial charge in [-0.3, -0.25) is 4.79 Å². The third kappa shape index (κ3) is 1.75. The minimum Gasteiger partial charge on any atom is -0.497 e. The average molecular weight is 322 g/mol. The van der Waals surface area contributed by atoms with Crippen molar-refractivity contribution in [2.24, 2.45) is 10.8 Å². The zero-order valence-electron chi connectivity index (χ0n) is 12.9. The second-order valence-electron chi connectivity index (χ2n) is 6.24. The lowest BCUT2D eigenvalue weighted by molar-refractivity contribution is -0.128. The van der Waals surface area contributed by atoms with E-state index in [1.807, 2.05) is 18.2 Å². The largest absolute Gasteiger partial charge is 0.497 e. The molecule has 1 aromatic carbocycles. The highest BCUT2D eigenvalue weighted by Crippen LogP contribution is 2.62. The number of nitrogens with zero attached hydrogens (tertiary/aromatic N) is 3. The molecule has 7 nitrogen and oxygen atoms in total. The van der Waals surface area contributed by atoms with E-state index in [-0.39, 0.29) is 12.8 Å². The first-order chi connectivity index (χ1) is 11.4. The number of nitriles is 3. The fourth-order valence-corrected chi connectivity index (χ4v) is 3.87. The summed E-state index contributed by atoms with van der Waals surface area (Å²) in [4.78, 5) is 12.4. The van der Waals surface area contributed by atoms with Gasteiger partial charge in [-0.05, 0) is 17.7 Å². The molecule has 1 aromatic rings. The molecule has 3 rings (SSSR count). The van der Waals surface area contributed by atoms with Crippen LogP contribution in [0.15, 0.2) is 24.3 Å². The van der Waals surface area contributed by atoms with Crippen LogP contribution in [0.4, 0.5) is 0 Å². The minimum absolute atomic E-state index is 0.0182. The molecule has 1 saturated heterocycles. The molecule has 0 aromatic heterocycles. The van der Waals surface area contributed by atoms with Crippen LogP contribution >= 0.6 is 0 Å². The zero-order chi connectivity index (χ0) is 17.6. The number of rotatable bonds is 2. The Kier molecular flexibility index (Phi) is 3.27. The smallest absolute Gasteiger partial charge is 0.245 e. The Morgan fingerprint density at radius 1 is 1.21 bits per heavy atom. The Bertz CT molecular complexity index is 815. The van der Waals surface area contributed by atoms with Crippen molar-refractivity contribution in [2.45, 2.75) is 24.5 Å². The maximum atomic E-state index is 12.4. The number of methoxy groups -OCH3 is 1. The number of hydrogen-bond donors (Lipinski definition) is 2. The van der Waals surface area contributed by atoms with Gasteiger partial charge in [-0.15, -0.1) is 0 Å². The van der Waals surface area contributed by atoms with E-state index in [4.69, 9.17) is 4.74 Å². The van der Waals surface area contributed by atoms with Gasteiger partial charge in [-0.2, -0.15) is 15.8 Å². The molecule has 2 aliphatic rings. The number of aliphatic hydroxyl groups is 1. The number of ether oxygens (including phenoxy) is 1. The van der Waals surface area contributed by atoms with Gasteiger partial charge >= 0.3 is 0 Å². The van der Waals surface area contributed by atoms with Gasteiger partial charge < -0.3 is 15.2 Å². The van der Waals surface area contributed by atoms with Crippen LogP contribution in [-0.2, 0) is 4.79 Å². The van der Waals surface area contributed by atoms with Crippen LogP contribution in [0.2, 0.25) is 0 Å². The monoisotopic (exact) mass is 322 g/mol. The van der Waals surface area contributed by atoms with Crippen molar-refractivity contribution in [1.82, 2.24) is 5.32 Å². The van der Waals surface area contributed by atoms with Gasteiger partial charge in [-0.1, -0.05) is 12.1 Å². The highest BCUT2D eigenvalue weighted by Gasteiger charge is 2.73. The molecule has 2 N–H and O–H groups in total. The number of fused-ring (bicyclic) bond motifs is 2. The Morgan fingerprint density at radius 2 is 1.83 bits per heavy atom. The van der Waals surface area contributed by atoms with Gasteiger partial charge in [0.1, 0.15) is 11.5 Å². The predicted octanol–water partition coefficient (Wildman–Crippen LogP) is 0.935. The first-order valence-corrected chi connectivity index (χ1v) is 7.33. The second kappa shape index (κ2) is 4.96. The van der Waals surface area contributed by atoms with Crippen molar-refractivity contribution >= 4 is 5.91 Å². The van der Waals surface area contributed by atoms with Crippen molar-refractivity contribution in [3.05, 3.63) is 29.8 Å². The molecule has 24 heavy (non-hydrogen) atoms. The summed E-state index contributed by atoms with van der Waals surface area (Å²) in [6.45, 7) is 0. The van der Waals surface area contributed by atoms with E-state index < -0.39 is 28.4 Å². The van der Waals surface area contributed by atoms with E-state index >= 15 is 0 Å². The van der Waals surface area contributed by atoms with Gasteiger partial charge in [0.2, 0.25) is 5.91 Å². The first kappa shape index (κ1) is 15.8. The Morgan fingerprint density at radius 3 is 2.33 bits per heavy atom. The Hall–Kier alpha value is -3.08. The van der Waals surface area contributed by atoms with Crippen LogP contribution in [0.1, 0.15) is 24.3 Å². The summed E-state index contributed by atoms with van der Waals surface area (Å²) in [5, 5.41) is 42.2. The molecule has 1 saturated carbocycles. The topological polar surface area (TPSA) is 130 Å². The molecule has 2 bridgehead atoms. The Labute approximate surface area is 138 Å². The summed E-state index contributed by atoms with van der Waals surface area (Å²) in [5.74, 6) is -0.970. The van der Waals surface area contributed by atoms with Crippen LogP contribution in [0.25, 0.3) is 0 Å². The van der Waals surface area contributed by atoms with Crippen molar-refractivity contribution in [3.63, 3.8) is 0 Å². The summed E-state index contributed by atoms with van der Waals surface area (Å²) >= 11 is 0. The van der Waals surface area contributed by atoms with Crippen LogP contribution in [0.5, 0.6) is 5.75 Å². The van der Waals surface area contributed by atoms with Crippen molar-refractivity contribution in [1.29, 1.82) is 15.8 Å². The van der Waals surface area contributed by atoms with Crippen LogP contribution in [0, 0.1) is 44.8 Å². The number of amides is 1. The first-order valence-electron chi connectivity index (χ1n) is 7.33. The summed E-state index contributed by atoms with van der Waals surface area (Å²) < 4.78 is 5.10. The predicted molar refractivity (Wildman–Crippen MR) is 79.8 cm³/mol. The fraction of sp³-hybridized carbons (Fsp3) is 0.412. The molecule has 1 aliphatic heterocycles. The second-order valence-corrected chi connectivity index (χ2v) is 6.24. The van der Waals surface area contributed by atoms with E-state index in [1.54, 1.807) is 24.3 Å². The third-order valence-electron chi connectivity index (χ3n) is 5.09. The molecule has 120 valence electrons. The molecular formula is C17H14N4O3. The van der Waals surface area contributed by atoms with E-state index in [9.17, 15) is 25.7 Å². The molecule has 7 heteroatoms. The van der Waals surface area contributed by atoms with Gasteiger partial charge in [0.15, 0.2) is 10.8 Å². The standard InChI is InChI=1S/C17H14N4O3/c1-24-12-4-2-11(3-5-12)13-6-17(23)7-15(8-18,14(22)21-17)16(13,9-19)10-20/h2-5,13,23H,6-7H2,1H3,(H,21,22)/t13-,15+,17-/m0/s1. The molecule has 0 radical (unpaired) electrons. The van der Waals surface area contributed by atoms with Crippen molar-refractivity contribution in [2.75, 3.05) is 7.11 Å². The molecule has 3 atom stereocenters. The molecule has 1 heterocycles. The van der Waals surface area contributed by atoms with E-state index in [0.717, 1.165) is 0 Å². The molecular weight excluding hydrogens is 308 g/mol. The molecule has 0 unspecified atom stereocenters. The van der Waals surface area contributed by atoms with Crippen LogP contribution in [-0.4, -0.2) is 23.8 Å². The lowest BCUT2D eigenvalue weighted by Gasteiger charge is -2.43. The summed E-state index contributed by atoms with van der Waals surface area (Å²) in [7, 11) is 1.51. The quantitative estimate of drug-likeness (QED) is 0.833. The SMILES string of the molecule is COc1ccc([C@@H]2C[C@]3(O)C[C@@](C#N)(C(=O)N3)C2(C#N)C#N)cc1. The number of carbonyl (C=O) groups excluding carboxylic acids is 1. The number of hydrogen-bond acceptors (Lipinski definition) is 6. The summed E-state index contributed by atoms with van der Waals surface area (Å²) in [6.07, 6.45) is -0.293. The van der Waals surface area contributed by atoms with Gasteiger partial charge in [-0.25, -0.2) is 0 Å². The Balaban J connectivity index is 2.22. The van der Waals surface area contributed by atoms with E-state index in [2.05, 4.69) is 5.32 Å². The lowest BCUT2D eigenvalue weighted by atomic mass is 9.51. The molecule has 1 aliphatic carbocycles. The van der Waals surface area contributed by atoms with Crippen LogP contribution in [0.3, 0.4) is 0 Å². The third-order valence-corrected chi connectivity index (χ3v) is 5.09. The maximum Gasteiger partial charge on any atom is 0.245 e. The van der Waals surface area contributed by atoms with E-state index in [1.165, 1.54) is 7.11 Å². The minimum atomic E-state index is -1.91.